The number of rotatable bonds is 9. The highest BCUT2D eigenvalue weighted by Gasteiger charge is 2.39. The van der Waals surface area contributed by atoms with Crippen molar-refractivity contribution in [2.75, 3.05) is 26.8 Å². The van der Waals surface area contributed by atoms with Gasteiger partial charge in [0.05, 0.1) is 12.6 Å². The van der Waals surface area contributed by atoms with Crippen molar-refractivity contribution in [3.63, 3.8) is 0 Å². The number of methoxy groups -OCH3 is 1. The van der Waals surface area contributed by atoms with Crippen molar-refractivity contribution in [3.05, 3.63) is 65.0 Å². The van der Waals surface area contributed by atoms with Crippen LogP contribution in [0.15, 0.2) is 42.5 Å². The number of halogens is 1. The van der Waals surface area contributed by atoms with E-state index in [1.54, 1.807) is 13.2 Å². The van der Waals surface area contributed by atoms with Gasteiger partial charge in [-0.15, -0.1) is 0 Å². The van der Waals surface area contributed by atoms with Crippen molar-refractivity contribution in [2.45, 2.75) is 44.8 Å². The van der Waals surface area contributed by atoms with Gasteiger partial charge in [-0.2, -0.15) is 0 Å². The number of nitrogens with one attached hydrogen (secondary N) is 1. The minimum Gasteiger partial charge on any atom is -0.481 e. The summed E-state index contributed by atoms with van der Waals surface area (Å²) in [4.78, 5) is 27.5. The van der Waals surface area contributed by atoms with Crippen LogP contribution in [0.1, 0.15) is 48.9 Å². The van der Waals surface area contributed by atoms with E-state index in [9.17, 15) is 14.0 Å². The number of ether oxygens (including phenoxy) is 2. The molecule has 1 saturated carbocycles. The van der Waals surface area contributed by atoms with Crippen molar-refractivity contribution >= 4 is 11.8 Å². The number of amides is 2. The Morgan fingerprint density at radius 2 is 2.03 bits per heavy atom. The summed E-state index contributed by atoms with van der Waals surface area (Å²) in [7, 11) is 1.58. The molecular formula is C26H31FN2O4. The van der Waals surface area contributed by atoms with Gasteiger partial charge in [-0.3, -0.25) is 9.59 Å². The van der Waals surface area contributed by atoms with Gasteiger partial charge in [0.15, 0.2) is 6.10 Å². The molecule has 1 fully saturated rings. The van der Waals surface area contributed by atoms with Gasteiger partial charge in [0, 0.05) is 26.1 Å². The summed E-state index contributed by atoms with van der Waals surface area (Å²) in [6.45, 7) is 3.34. The van der Waals surface area contributed by atoms with E-state index in [2.05, 4.69) is 5.32 Å². The third-order valence-electron chi connectivity index (χ3n) is 6.27. The third-order valence-corrected chi connectivity index (χ3v) is 6.27. The van der Waals surface area contributed by atoms with Crippen LogP contribution in [0.2, 0.25) is 0 Å². The first-order valence-electron chi connectivity index (χ1n) is 11.6. The maximum Gasteiger partial charge on any atom is 0.261 e. The third kappa shape index (κ3) is 5.36. The topological polar surface area (TPSA) is 67.9 Å². The van der Waals surface area contributed by atoms with E-state index in [0.717, 1.165) is 36.0 Å². The van der Waals surface area contributed by atoms with Crippen molar-refractivity contribution in [1.82, 2.24) is 10.2 Å². The summed E-state index contributed by atoms with van der Waals surface area (Å²) < 4.78 is 25.2. The van der Waals surface area contributed by atoms with Gasteiger partial charge >= 0.3 is 0 Å². The van der Waals surface area contributed by atoms with E-state index in [-0.39, 0.29) is 29.6 Å². The van der Waals surface area contributed by atoms with Crippen LogP contribution in [-0.2, 0) is 20.7 Å². The molecule has 0 spiro atoms. The predicted octanol–water partition coefficient (Wildman–Crippen LogP) is 3.63. The van der Waals surface area contributed by atoms with Crippen LogP contribution >= 0.6 is 0 Å². The number of hydrogen-bond donors (Lipinski definition) is 1. The van der Waals surface area contributed by atoms with Crippen LogP contribution in [0.25, 0.3) is 0 Å². The molecule has 33 heavy (non-hydrogen) atoms. The zero-order valence-corrected chi connectivity index (χ0v) is 19.2. The molecule has 176 valence electrons. The Morgan fingerprint density at radius 3 is 2.73 bits per heavy atom. The minimum absolute atomic E-state index is 0.0716. The van der Waals surface area contributed by atoms with Gasteiger partial charge in [-0.25, -0.2) is 4.39 Å². The van der Waals surface area contributed by atoms with Crippen LogP contribution in [0, 0.1) is 11.7 Å². The lowest BCUT2D eigenvalue weighted by atomic mass is 9.87. The summed E-state index contributed by atoms with van der Waals surface area (Å²) >= 11 is 0. The minimum atomic E-state index is -0.639. The Balaban J connectivity index is 1.63. The number of fused-ring (bicyclic) bond motifs is 1. The van der Waals surface area contributed by atoms with Gasteiger partial charge < -0.3 is 19.7 Å². The van der Waals surface area contributed by atoms with Gasteiger partial charge in [0.25, 0.3) is 5.91 Å². The first kappa shape index (κ1) is 23.2. The zero-order valence-electron chi connectivity index (χ0n) is 19.2. The second-order valence-corrected chi connectivity index (χ2v) is 8.67. The highest BCUT2D eigenvalue weighted by molar-refractivity contribution is 5.82. The van der Waals surface area contributed by atoms with Crippen LogP contribution in [0.4, 0.5) is 4.39 Å². The predicted molar refractivity (Wildman–Crippen MR) is 122 cm³/mol. The average Bonchev–Trinajstić information content (AvgIpc) is 3.67. The molecule has 1 N–H and O–H groups in total. The van der Waals surface area contributed by atoms with Gasteiger partial charge in [0.2, 0.25) is 5.91 Å². The fourth-order valence-electron chi connectivity index (χ4n) is 4.38. The molecule has 2 aromatic rings. The Bertz CT molecular complexity index is 1010. The molecule has 0 aromatic heterocycles. The van der Waals surface area contributed by atoms with Crippen molar-refractivity contribution in [3.8, 4) is 5.75 Å². The number of carbonyl (C=O) groups excluding carboxylic acids is 2. The summed E-state index contributed by atoms with van der Waals surface area (Å²) in [5.74, 6) is 0.237. The van der Waals surface area contributed by atoms with E-state index in [4.69, 9.17) is 9.47 Å². The lowest BCUT2D eigenvalue weighted by Gasteiger charge is -2.38. The van der Waals surface area contributed by atoms with Crippen LogP contribution in [0.5, 0.6) is 5.75 Å². The Kier molecular flexibility index (Phi) is 7.28. The van der Waals surface area contributed by atoms with Crippen LogP contribution in [-0.4, -0.2) is 49.6 Å². The number of benzene rings is 2. The molecular weight excluding hydrogens is 423 g/mol. The van der Waals surface area contributed by atoms with Crippen molar-refractivity contribution in [2.24, 2.45) is 5.92 Å². The van der Waals surface area contributed by atoms with Crippen LogP contribution < -0.4 is 10.1 Å². The Morgan fingerprint density at radius 1 is 1.21 bits per heavy atom. The van der Waals surface area contributed by atoms with Crippen LogP contribution in [0.3, 0.4) is 0 Å². The van der Waals surface area contributed by atoms with Crippen molar-refractivity contribution in [1.29, 1.82) is 0 Å². The molecule has 2 amide bonds. The van der Waals surface area contributed by atoms with E-state index in [0.29, 0.717) is 31.9 Å². The summed E-state index contributed by atoms with van der Waals surface area (Å²) in [5.41, 5.74) is 2.77. The van der Waals surface area contributed by atoms with Crippen molar-refractivity contribution < 1.29 is 23.5 Å². The fourth-order valence-corrected chi connectivity index (χ4v) is 4.38. The first-order valence-corrected chi connectivity index (χ1v) is 11.6. The Labute approximate surface area is 194 Å². The molecule has 0 unspecified atom stereocenters. The number of hydrogen-bond acceptors (Lipinski definition) is 4. The lowest BCUT2D eigenvalue weighted by Crippen LogP contribution is -2.41. The molecule has 7 heteroatoms. The molecule has 0 bridgehead atoms. The van der Waals surface area contributed by atoms with E-state index in [1.807, 2.05) is 36.1 Å². The number of carbonyl (C=O) groups is 2. The highest BCUT2D eigenvalue weighted by Crippen LogP contribution is 2.41. The molecule has 0 saturated heterocycles. The van der Waals surface area contributed by atoms with Gasteiger partial charge in [-0.1, -0.05) is 25.1 Å². The molecule has 6 nitrogen and oxygen atoms in total. The molecule has 1 aliphatic carbocycles. The molecule has 4 rings (SSSR count). The Hall–Kier alpha value is -2.93. The molecule has 1 heterocycles. The van der Waals surface area contributed by atoms with Gasteiger partial charge in [-0.05, 0) is 66.6 Å². The standard InChI is InChI=1S/C26H31FN2O4/c1-3-23(25(30)28-12-14-32-2)33-21-10-9-17-11-13-29(26(31)18-7-8-18)24(22(17)16-21)19-5-4-6-20(27)15-19/h4-6,9-10,15-16,18,23-24H,3,7-8,11-14H2,1-2H3,(H,28,30)/t23-,24+/m0/s1. The smallest absolute Gasteiger partial charge is 0.261 e. The summed E-state index contributed by atoms with van der Waals surface area (Å²) in [6.07, 6.45) is 2.43. The first-order chi connectivity index (χ1) is 16.0. The van der Waals surface area contributed by atoms with E-state index < -0.39 is 6.10 Å². The highest BCUT2D eigenvalue weighted by atomic mass is 19.1. The molecule has 0 radical (unpaired) electrons. The van der Waals surface area contributed by atoms with E-state index >= 15 is 0 Å². The quantitative estimate of drug-likeness (QED) is 0.588. The average molecular weight is 455 g/mol. The molecule has 2 aliphatic rings. The maximum absolute atomic E-state index is 14.1. The second kappa shape index (κ2) is 10.3. The largest absolute Gasteiger partial charge is 0.481 e. The zero-order chi connectivity index (χ0) is 23.4. The second-order valence-electron chi connectivity index (χ2n) is 8.67. The maximum atomic E-state index is 14.1. The SMILES string of the molecule is CC[C@H](Oc1ccc2c(c1)[C@@H](c1cccc(F)c1)N(C(=O)C1CC1)CC2)C(=O)NCCOC. The van der Waals surface area contributed by atoms with Gasteiger partial charge in [0.1, 0.15) is 11.6 Å². The molecule has 2 atom stereocenters. The summed E-state index contributed by atoms with van der Waals surface area (Å²) in [6, 6.07) is 11.8. The summed E-state index contributed by atoms with van der Waals surface area (Å²) in [5, 5.41) is 2.82. The molecule has 2 aromatic carbocycles. The normalized spacial score (nSPS) is 18.4. The monoisotopic (exact) mass is 454 g/mol. The number of nitrogens with zero attached hydrogens (tertiary/aromatic N) is 1. The lowest BCUT2D eigenvalue weighted by molar-refractivity contribution is -0.134. The molecule has 1 aliphatic heterocycles. The van der Waals surface area contributed by atoms with E-state index in [1.165, 1.54) is 12.1 Å². The fraction of sp³-hybridized carbons (Fsp3) is 0.462.